The Bertz CT molecular complexity index is 627. The minimum Gasteiger partial charge on any atom is -0.326 e. The van der Waals surface area contributed by atoms with E-state index in [2.05, 4.69) is 5.32 Å². The third-order valence-electron chi connectivity index (χ3n) is 4.55. The topological polar surface area (TPSA) is 89.3 Å². The van der Waals surface area contributed by atoms with E-state index < -0.39 is 10.0 Å². The third-order valence-corrected chi connectivity index (χ3v) is 5.28. The number of amides is 1. The van der Waals surface area contributed by atoms with Gasteiger partial charge >= 0.3 is 0 Å². The van der Waals surface area contributed by atoms with Crippen molar-refractivity contribution < 1.29 is 13.2 Å². The maximum Gasteiger partial charge on any atom is 0.228 e. The molecule has 3 N–H and O–H groups in total. The van der Waals surface area contributed by atoms with Crippen molar-refractivity contribution in [3.63, 3.8) is 0 Å². The van der Waals surface area contributed by atoms with Gasteiger partial charge in [-0.2, -0.15) is 0 Å². The third kappa shape index (κ3) is 3.44. The minimum atomic E-state index is -3.52. The molecule has 1 aromatic rings. The monoisotopic (exact) mass is 308 g/mol. The molecule has 0 aliphatic heterocycles. The van der Waals surface area contributed by atoms with Gasteiger partial charge in [0, 0.05) is 11.6 Å². The highest BCUT2D eigenvalue weighted by Gasteiger charge is 2.54. The fourth-order valence-corrected chi connectivity index (χ4v) is 4.18. The number of sulfonamides is 1. The zero-order chi connectivity index (χ0) is 15.0. The molecule has 0 saturated heterocycles. The first-order valence-corrected chi connectivity index (χ1v) is 9.06. The maximum absolute atomic E-state index is 12.2. The Morgan fingerprint density at radius 3 is 2.24 bits per heavy atom. The molecule has 6 heteroatoms. The lowest BCUT2D eigenvalue weighted by Gasteiger charge is -2.06. The molecule has 0 radical (unpaired) electrons. The molecule has 2 saturated carbocycles. The maximum atomic E-state index is 12.2. The first-order chi connectivity index (χ1) is 9.94. The Balaban J connectivity index is 1.59. The molecule has 0 bridgehead atoms. The van der Waals surface area contributed by atoms with E-state index in [1.165, 1.54) is 25.7 Å². The van der Waals surface area contributed by atoms with Gasteiger partial charge in [-0.15, -0.1) is 0 Å². The molecule has 0 spiro atoms. The van der Waals surface area contributed by atoms with E-state index in [-0.39, 0.29) is 17.6 Å². The summed E-state index contributed by atoms with van der Waals surface area (Å²) in [5, 5.41) is 7.93. The number of benzene rings is 1. The van der Waals surface area contributed by atoms with Crippen LogP contribution in [0.2, 0.25) is 0 Å². The highest BCUT2D eigenvalue weighted by Crippen LogP contribution is 2.55. The number of primary sulfonamides is 1. The van der Waals surface area contributed by atoms with Crippen molar-refractivity contribution in [2.24, 2.45) is 22.9 Å². The van der Waals surface area contributed by atoms with Crippen LogP contribution in [0.1, 0.15) is 31.2 Å². The van der Waals surface area contributed by atoms with Crippen LogP contribution in [-0.4, -0.2) is 14.3 Å². The van der Waals surface area contributed by atoms with Crippen LogP contribution in [0.15, 0.2) is 24.3 Å². The quantitative estimate of drug-likeness (QED) is 0.889. The Kier molecular flexibility index (Phi) is 3.75. The summed E-state index contributed by atoms with van der Waals surface area (Å²) in [5.74, 6) is 1.26. The highest BCUT2D eigenvalue weighted by molar-refractivity contribution is 7.88. The van der Waals surface area contributed by atoms with Crippen LogP contribution in [-0.2, 0) is 20.6 Å². The number of rotatable bonds is 4. The molecule has 2 aliphatic rings. The fraction of sp³-hybridized carbons (Fsp3) is 0.533. The Hall–Kier alpha value is -1.40. The number of hydrogen-bond donors (Lipinski definition) is 2. The summed E-state index contributed by atoms with van der Waals surface area (Å²) in [5.41, 5.74) is 1.33. The van der Waals surface area contributed by atoms with E-state index in [1.54, 1.807) is 24.3 Å². The molecule has 1 aromatic carbocycles. The van der Waals surface area contributed by atoms with Crippen molar-refractivity contribution in [2.75, 3.05) is 5.32 Å². The summed E-state index contributed by atoms with van der Waals surface area (Å²) in [7, 11) is -3.52. The summed E-state index contributed by atoms with van der Waals surface area (Å²) < 4.78 is 22.0. The summed E-state index contributed by atoms with van der Waals surface area (Å²) in [4.78, 5) is 12.2. The number of anilines is 1. The van der Waals surface area contributed by atoms with Crippen molar-refractivity contribution in [3.8, 4) is 0 Å². The van der Waals surface area contributed by atoms with Crippen LogP contribution in [0.4, 0.5) is 5.69 Å². The van der Waals surface area contributed by atoms with Crippen LogP contribution < -0.4 is 10.5 Å². The van der Waals surface area contributed by atoms with Crippen molar-refractivity contribution in [3.05, 3.63) is 29.8 Å². The average molecular weight is 308 g/mol. The van der Waals surface area contributed by atoms with Gasteiger partial charge in [-0.25, -0.2) is 13.6 Å². The van der Waals surface area contributed by atoms with Crippen molar-refractivity contribution in [1.29, 1.82) is 0 Å². The second-order valence-corrected chi connectivity index (χ2v) is 7.75. The van der Waals surface area contributed by atoms with E-state index in [0.29, 0.717) is 23.1 Å². The van der Waals surface area contributed by atoms with Crippen molar-refractivity contribution >= 4 is 21.6 Å². The number of nitrogens with two attached hydrogens (primary N) is 1. The second-order valence-electron chi connectivity index (χ2n) is 6.13. The van der Waals surface area contributed by atoms with Gasteiger partial charge in [0.1, 0.15) is 0 Å². The summed E-state index contributed by atoms with van der Waals surface area (Å²) in [6.07, 6.45) is 4.84. The van der Waals surface area contributed by atoms with Crippen molar-refractivity contribution in [1.82, 2.24) is 0 Å². The summed E-state index contributed by atoms with van der Waals surface area (Å²) in [6.45, 7) is 0. The lowest BCUT2D eigenvalue weighted by atomic mass is 10.0. The summed E-state index contributed by atoms with van der Waals surface area (Å²) in [6, 6.07) is 6.81. The van der Waals surface area contributed by atoms with E-state index in [4.69, 9.17) is 5.14 Å². The molecular weight excluding hydrogens is 288 g/mol. The summed E-state index contributed by atoms with van der Waals surface area (Å²) >= 11 is 0. The molecule has 0 aromatic heterocycles. The van der Waals surface area contributed by atoms with Crippen LogP contribution in [0.5, 0.6) is 0 Å². The number of carbonyl (C=O) groups is 1. The average Bonchev–Trinajstić information content (AvgIpc) is 3.13. The van der Waals surface area contributed by atoms with E-state index in [1.807, 2.05) is 0 Å². The van der Waals surface area contributed by atoms with Gasteiger partial charge in [-0.3, -0.25) is 4.79 Å². The first-order valence-electron chi connectivity index (χ1n) is 7.34. The van der Waals surface area contributed by atoms with Gasteiger partial charge in [0.2, 0.25) is 15.9 Å². The second kappa shape index (κ2) is 5.42. The van der Waals surface area contributed by atoms with E-state index in [9.17, 15) is 13.2 Å². The fourth-order valence-electron chi connectivity index (χ4n) is 3.52. The van der Waals surface area contributed by atoms with Gasteiger partial charge in [-0.1, -0.05) is 25.0 Å². The van der Waals surface area contributed by atoms with Crippen LogP contribution >= 0.6 is 0 Å². The Labute approximate surface area is 125 Å². The van der Waals surface area contributed by atoms with Crippen LogP contribution in [0, 0.1) is 17.8 Å². The minimum absolute atomic E-state index is 0.103. The largest absolute Gasteiger partial charge is 0.326 e. The predicted octanol–water partition coefficient (Wildman–Crippen LogP) is 1.85. The van der Waals surface area contributed by atoms with Gasteiger partial charge in [0.25, 0.3) is 0 Å². The van der Waals surface area contributed by atoms with Crippen molar-refractivity contribution in [2.45, 2.75) is 31.4 Å². The molecule has 1 amide bonds. The molecule has 114 valence electrons. The van der Waals surface area contributed by atoms with Crippen LogP contribution in [0.3, 0.4) is 0 Å². The standard InChI is InChI=1S/C15H20N2O3S/c16-21(19,20)9-10-5-7-11(8-6-10)17-15(18)14-12-3-1-2-4-13(12)14/h5-8,12-14H,1-4,9H2,(H,17,18)(H2,16,19,20). The number of carbonyl (C=O) groups excluding carboxylic acids is 1. The molecule has 2 fully saturated rings. The number of nitrogens with one attached hydrogen (secondary N) is 1. The molecule has 3 rings (SSSR count). The smallest absolute Gasteiger partial charge is 0.228 e. The molecule has 21 heavy (non-hydrogen) atoms. The van der Waals surface area contributed by atoms with Gasteiger partial charge in [0.05, 0.1) is 5.75 Å². The predicted molar refractivity (Wildman–Crippen MR) is 80.8 cm³/mol. The number of fused-ring (bicyclic) bond motifs is 1. The molecule has 2 unspecified atom stereocenters. The zero-order valence-electron chi connectivity index (χ0n) is 11.8. The zero-order valence-corrected chi connectivity index (χ0v) is 12.6. The SMILES string of the molecule is NS(=O)(=O)Cc1ccc(NC(=O)C2C3CCCCC32)cc1. The molecule has 5 nitrogen and oxygen atoms in total. The normalized spacial score (nSPS) is 27.8. The van der Waals surface area contributed by atoms with Gasteiger partial charge < -0.3 is 5.32 Å². The first kappa shape index (κ1) is 14.5. The van der Waals surface area contributed by atoms with E-state index >= 15 is 0 Å². The molecule has 0 heterocycles. The van der Waals surface area contributed by atoms with E-state index in [0.717, 1.165) is 0 Å². The van der Waals surface area contributed by atoms with Gasteiger partial charge in [0.15, 0.2) is 0 Å². The molecule has 2 aliphatic carbocycles. The molecule has 2 atom stereocenters. The highest BCUT2D eigenvalue weighted by atomic mass is 32.2. The lowest BCUT2D eigenvalue weighted by Crippen LogP contribution is -2.16. The Morgan fingerprint density at radius 1 is 1.14 bits per heavy atom. The Morgan fingerprint density at radius 2 is 1.71 bits per heavy atom. The lowest BCUT2D eigenvalue weighted by molar-refractivity contribution is -0.117. The van der Waals surface area contributed by atoms with Crippen LogP contribution in [0.25, 0.3) is 0 Å². The van der Waals surface area contributed by atoms with Gasteiger partial charge in [-0.05, 0) is 42.4 Å². The molecular formula is C15H20N2O3S. The number of hydrogen-bond acceptors (Lipinski definition) is 3.